The Hall–Kier alpha value is -0.860. The average molecular weight is 292 g/mol. The van der Waals surface area contributed by atoms with Gasteiger partial charge in [0.1, 0.15) is 6.54 Å². The molecule has 0 saturated heterocycles. The molecule has 1 aromatic carbocycles. The smallest absolute Gasteiger partial charge is 0.192 e. The van der Waals surface area contributed by atoms with E-state index in [1.165, 1.54) is 44.1 Å². The maximum Gasteiger partial charge on any atom is 0.192 e. The zero-order chi connectivity index (χ0) is 15.6. The summed E-state index contributed by atoms with van der Waals surface area (Å²) in [6, 6.07) is 10.7. The Morgan fingerprint density at radius 2 is 1.57 bits per heavy atom. The van der Waals surface area contributed by atoms with Gasteiger partial charge >= 0.3 is 0 Å². The lowest BCUT2D eigenvalue weighted by Gasteiger charge is -2.37. The van der Waals surface area contributed by atoms with E-state index in [0.29, 0.717) is 0 Å². The molecule has 1 atom stereocenters. The van der Waals surface area contributed by atoms with E-state index < -0.39 is 0 Å². The van der Waals surface area contributed by atoms with Gasteiger partial charge in [0, 0.05) is 19.1 Å². The first-order chi connectivity index (χ1) is 10.1. The number of methoxy groups -OCH3 is 1. The molecule has 2 heteroatoms. The Balaban J connectivity index is 2.38. The first-order valence-electron chi connectivity index (χ1n) is 8.49. The molecule has 0 heterocycles. The molecule has 0 amide bonds. The van der Waals surface area contributed by atoms with Crippen LogP contribution >= 0.6 is 0 Å². The highest BCUT2D eigenvalue weighted by Crippen LogP contribution is 2.20. The lowest BCUT2D eigenvalue weighted by Crippen LogP contribution is -2.49. The summed E-state index contributed by atoms with van der Waals surface area (Å²) in [5, 5.41) is 0. The Morgan fingerprint density at radius 3 is 2.19 bits per heavy atom. The molecule has 0 aromatic heterocycles. The molecule has 0 spiro atoms. The topological polar surface area (TPSA) is 9.23 Å². The molecule has 120 valence electrons. The second kappa shape index (κ2) is 9.97. The second-order valence-electron chi connectivity index (χ2n) is 6.67. The first-order valence-corrected chi connectivity index (χ1v) is 8.49. The SMILES string of the molecule is CCCCCCCCC(OC)[N+](C)(C)Cc1ccccc1. The number of quaternary nitrogens is 1. The summed E-state index contributed by atoms with van der Waals surface area (Å²) in [6.45, 7) is 3.29. The molecular weight excluding hydrogens is 258 g/mol. The maximum absolute atomic E-state index is 5.79. The summed E-state index contributed by atoms with van der Waals surface area (Å²) in [5.74, 6) is 0. The van der Waals surface area contributed by atoms with Crippen LogP contribution in [0, 0.1) is 0 Å². The predicted octanol–water partition coefficient (Wildman–Crippen LogP) is 4.99. The van der Waals surface area contributed by atoms with Gasteiger partial charge in [-0.2, -0.15) is 0 Å². The van der Waals surface area contributed by atoms with Crippen molar-refractivity contribution in [1.82, 2.24) is 0 Å². The largest absolute Gasteiger partial charge is 0.332 e. The highest BCUT2D eigenvalue weighted by molar-refractivity contribution is 5.13. The number of rotatable bonds is 11. The molecule has 0 aliphatic heterocycles. The molecule has 1 unspecified atom stereocenters. The molecule has 0 radical (unpaired) electrons. The quantitative estimate of drug-likeness (QED) is 0.317. The third-order valence-electron chi connectivity index (χ3n) is 4.29. The Labute approximate surface area is 131 Å². The summed E-state index contributed by atoms with van der Waals surface area (Å²) in [7, 11) is 6.41. The molecule has 0 bridgehead atoms. The number of ether oxygens (including phenoxy) is 1. The first kappa shape index (κ1) is 18.2. The van der Waals surface area contributed by atoms with Crippen LogP contribution in [0.15, 0.2) is 30.3 Å². The van der Waals surface area contributed by atoms with E-state index in [-0.39, 0.29) is 6.23 Å². The van der Waals surface area contributed by atoms with Crippen molar-refractivity contribution < 1.29 is 9.22 Å². The summed E-state index contributed by atoms with van der Waals surface area (Å²) in [4.78, 5) is 0. The van der Waals surface area contributed by atoms with Crippen molar-refractivity contribution in [2.24, 2.45) is 0 Å². The van der Waals surface area contributed by atoms with Gasteiger partial charge in [0.15, 0.2) is 6.23 Å². The minimum atomic E-state index is 0.288. The minimum Gasteiger partial charge on any atom is -0.332 e. The van der Waals surface area contributed by atoms with Crippen LogP contribution in [0.4, 0.5) is 0 Å². The van der Waals surface area contributed by atoms with Crippen LogP contribution in [0.25, 0.3) is 0 Å². The fourth-order valence-corrected chi connectivity index (χ4v) is 3.01. The zero-order valence-electron chi connectivity index (χ0n) is 14.5. The van der Waals surface area contributed by atoms with Crippen molar-refractivity contribution in [3.8, 4) is 0 Å². The molecule has 0 aliphatic carbocycles. The van der Waals surface area contributed by atoms with Crippen molar-refractivity contribution in [3.05, 3.63) is 35.9 Å². The van der Waals surface area contributed by atoms with Gasteiger partial charge in [-0.25, -0.2) is 0 Å². The van der Waals surface area contributed by atoms with E-state index >= 15 is 0 Å². The van der Waals surface area contributed by atoms with Gasteiger partial charge in [-0.3, -0.25) is 4.48 Å². The van der Waals surface area contributed by atoms with Gasteiger partial charge in [0.05, 0.1) is 14.1 Å². The average Bonchev–Trinajstić information content (AvgIpc) is 2.47. The van der Waals surface area contributed by atoms with Crippen LogP contribution in [-0.2, 0) is 11.3 Å². The van der Waals surface area contributed by atoms with Gasteiger partial charge < -0.3 is 4.74 Å². The molecule has 1 rings (SSSR count). The number of nitrogens with zero attached hydrogens (tertiary/aromatic N) is 1. The lowest BCUT2D eigenvalue weighted by atomic mass is 10.1. The van der Waals surface area contributed by atoms with Crippen molar-refractivity contribution in [3.63, 3.8) is 0 Å². The Kier molecular flexibility index (Phi) is 8.63. The highest BCUT2D eigenvalue weighted by atomic mass is 16.5. The summed E-state index contributed by atoms with van der Waals surface area (Å²) in [6.07, 6.45) is 9.51. The second-order valence-corrected chi connectivity index (χ2v) is 6.67. The molecule has 1 aromatic rings. The molecular formula is C19H34NO+. The standard InChI is InChI=1S/C19H34NO/c1-5-6-7-8-9-13-16-19(21-4)20(2,3)17-18-14-11-10-12-15-18/h10-12,14-15,19H,5-9,13,16-17H2,1-4H3/q+1. The minimum absolute atomic E-state index is 0.288. The molecule has 0 aliphatic rings. The summed E-state index contributed by atoms with van der Waals surface area (Å²) in [5.41, 5.74) is 1.38. The van der Waals surface area contributed by atoms with E-state index in [0.717, 1.165) is 17.4 Å². The van der Waals surface area contributed by atoms with Crippen molar-refractivity contribution in [2.75, 3.05) is 21.2 Å². The van der Waals surface area contributed by atoms with Crippen LogP contribution in [-0.4, -0.2) is 31.9 Å². The molecule has 0 N–H and O–H groups in total. The van der Waals surface area contributed by atoms with Gasteiger partial charge in [0.25, 0.3) is 0 Å². The Bertz CT molecular complexity index is 361. The van der Waals surface area contributed by atoms with Crippen LogP contribution in [0.5, 0.6) is 0 Å². The van der Waals surface area contributed by atoms with Gasteiger partial charge in [-0.05, 0) is 6.42 Å². The Morgan fingerprint density at radius 1 is 0.952 bits per heavy atom. The lowest BCUT2D eigenvalue weighted by molar-refractivity contribution is -0.949. The van der Waals surface area contributed by atoms with E-state index in [1.807, 2.05) is 7.11 Å². The van der Waals surface area contributed by atoms with Crippen LogP contribution < -0.4 is 0 Å². The molecule has 2 nitrogen and oxygen atoms in total. The number of unbranched alkanes of at least 4 members (excludes halogenated alkanes) is 5. The maximum atomic E-state index is 5.79. The van der Waals surface area contributed by atoms with Gasteiger partial charge in [0.2, 0.25) is 0 Å². The molecule has 0 saturated carbocycles. The fraction of sp³-hybridized carbons (Fsp3) is 0.684. The van der Waals surface area contributed by atoms with E-state index in [2.05, 4.69) is 51.4 Å². The molecule has 21 heavy (non-hydrogen) atoms. The van der Waals surface area contributed by atoms with Crippen LogP contribution in [0.3, 0.4) is 0 Å². The van der Waals surface area contributed by atoms with Crippen molar-refractivity contribution in [1.29, 1.82) is 0 Å². The fourth-order valence-electron chi connectivity index (χ4n) is 3.01. The summed E-state index contributed by atoms with van der Waals surface area (Å²) >= 11 is 0. The van der Waals surface area contributed by atoms with E-state index in [1.54, 1.807) is 0 Å². The number of hydrogen-bond acceptors (Lipinski definition) is 1. The molecule has 0 fully saturated rings. The van der Waals surface area contributed by atoms with Crippen LogP contribution in [0.1, 0.15) is 57.4 Å². The number of benzene rings is 1. The monoisotopic (exact) mass is 292 g/mol. The van der Waals surface area contributed by atoms with Crippen molar-refractivity contribution in [2.45, 2.75) is 64.6 Å². The van der Waals surface area contributed by atoms with Crippen molar-refractivity contribution >= 4 is 0 Å². The third-order valence-corrected chi connectivity index (χ3v) is 4.29. The van der Waals surface area contributed by atoms with E-state index in [4.69, 9.17) is 4.74 Å². The highest BCUT2D eigenvalue weighted by Gasteiger charge is 2.27. The normalized spacial score (nSPS) is 13.3. The third kappa shape index (κ3) is 7.10. The van der Waals surface area contributed by atoms with Crippen LogP contribution in [0.2, 0.25) is 0 Å². The zero-order valence-corrected chi connectivity index (χ0v) is 14.5. The van der Waals surface area contributed by atoms with E-state index in [9.17, 15) is 0 Å². The summed E-state index contributed by atoms with van der Waals surface area (Å²) < 4.78 is 6.69. The van der Waals surface area contributed by atoms with Gasteiger partial charge in [-0.15, -0.1) is 0 Å². The predicted molar refractivity (Wildman–Crippen MR) is 91.0 cm³/mol. The van der Waals surface area contributed by atoms with Gasteiger partial charge in [-0.1, -0.05) is 69.4 Å². The number of hydrogen-bond donors (Lipinski definition) is 0.